The number of nitrogens with zero attached hydrogens (tertiary/aromatic N) is 1. The maximum absolute atomic E-state index is 12.0. The van der Waals surface area contributed by atoms with Gasteiger partial charge in [0.2, 0.25) is 0 Å². The third kappa shape index (κ3) is 13.0. The molecule has 7 heteroatoms. The average molecular weight is 453 g/mol. The Labute approximate surface area is 195 Å². The van der Waals surface area contributed by atoms with Crippen LogP contribution in [0.3, 0.4) is 0 Å². The number of nitrogens with one attached hydrogen (secondary N) is 1. The van der Waals surface area contributed by atoms with Crippen molar-refractivity contribution in [3.8, 4) is 11.5 Å². The summed E-state index contributed by atoms with van der Waals surface area (Å²) in [6.07, 6.45) is 6.98. The van der Waals surface area contributed by atoms with Crippen molar-refractivity contribution in [2.75, 3.05) is 26.2 Å². The molecule has 7 nitrogen and oxygen atoms in total. The molecular weight excluding hydrogens is 420 g/mol. The second kappa shape index (κ2) is 17.6. The van der Waals surface area contributed by atoms with Crippen molar-refractivity contribution in [2.24, 2.45) is 0 Å². The summed E-state index contributed by atoms with van der Waals surface area (Å²) in [7, 11) is 0. The summed E-state index contributed by atoms with van der Waals surface area (Å²) < 4.78 is 0. The number of phenolic OH excluding ortho intramolecular Hbond substituents is 2. The van der Waals surface area contributed by atoms with Crippen LogP contribution in [0.15, 0.2) is 99.2 Å². The van der Waals surface area contributed by atoms with E-state index >= 15 is 0 Å². The van der Waals surface area contributed by atoms with Crippen molar-refractivity contribution in [3.05, 3.63) is 110 Å². The number of aromatic carboxylic acids is 1. The minimum absolute atomic E-state index is 0.0741. The fourth-order valence-corrected chi connectivity index (χ4v) is 2.23. The van der Waals surface area contributed by atoms with Crippen LogP contribution < -0.4 is 5.32 Å². The number of amides is 1. The van der Waals surface area contributed by atoms with Gasteiger partial charge in [-0.3, -0.25) is 4.79 Å². The van der Waals surface area contributed by atoms with Gasteiger partial charge >= 0.3 is 5.97 Å². The maximum atomic E-state index is 12.0. The molecule has 0 aliphatic rings. The van der Waals surface area contributed by atoms with Crippen molar-refractivity contribution in [1.82, 2.24) is 10.2 Å². The van der Waals surface area contributed by atoms with Crippen LogP contribution in [0.1, 0.15) is 20.7 Å². The number of hydrogen-bond acceptors (Lipinski definition) is 5. The van der Waals surface area contributed by atoms with Gasteiger partial charge in [0.15, 0.2) is 0 Å². The van der Waals surface area contributed by atoms with Crippen LogP contribution in [-0.4, -0.2) is 58.3 Å². The highest BCUT2D eigenvalue weighted by molar-refractivity contribution is 5.94. The van der Waals surface area contributed by atoms with Gasteiger partial charge in [-0.15, -0.1) is 26.3 Å². The lowest BCUT2D eigenvalue weighted by atomic mass is 10.2. The lowest BCUT2D eigenvalue weighted by molar-refractivity contribution is 0.0696. The molecule has 0 heterocycles. The molecule has 0 bridgehead atoms. The Hall–Kier alpha value is -4.10. The lowest BCUT2D eigenvalue weighted by Gasteiger charge is -2.19. The largest absolute Gasteiger partial charge is 0.508 e. The molecule has 0 saturated carbocycles. The fraction of sp³-hybridized carbons (Fsp3) is 0.154. The van der Waals surface area contributed by atoms with Gasteiger partial charge in [-0.25, -0.2) is 4.79 Å². The highest BCUT2D eigenvalue weighted by Gasteiger charge is 2.12. The Morgan fingerprint density at radius 2 is 1.12 bits per heavy atom. The summed E-state index contributed by atoms with van der Waals surface area (Å²) in [5, 5.41) is 29.3. The first-order valence-corrected chi connectivity index (χ1v) is 10.1. The van der Waals surface area contributed by atoms with Crippen molar-refractivity contribution in [1.29, 1.82) is 0 Å². The molecule has 33 heavy (non-hydrogen) atoms. The van der Waals surface area contributed by atoms with E-state index in [0.717, 1.165) is 13.1 Å². The Morgan fingerprint density at radius 3 is 1.45 bits per heavy atom. The first kappa shape index (κ1) is 28.9. The van der Waals surface area contributed by atoms with E-state index in [0.29, 0.717) is 18.7 Å². The monoisotopic (exact) mass is 452 g/mol. The Kier molecular flexibility index (Phi) is 15.4. The van der Waals surface area contributed by atoms with Gasteiger partial charge in [0, 0.05) is 31.7 Å². The molecular formula is C26H32N2O5. The Balaban J connectivity index is 0.000000514. The molecule has 0 spiro atoms. The normalized spacial score (nSPS) is 9.09. The number of benzene rings is 2. The minimum atomic E-state index is -0.986. The smallest absolute Gasteiger partial charge is 0.335 e. The average Bonchev–Trinajstić information content (AvgIpc) is 2.80. The zero-order valence-corrected chi connectivity index (χ0v) is 18.7. The Morgan fingerprint density at radius 1 is 0.727 bits per heavy atom. The minimum Gasteiger partial charge on any atom is -0.508 e. The molecule has 1 amide bonds. The number of carbonyl (C=O) groups excluding carboxylic acids is 1. The number of phenols is 2. The highest BCUT2D eigenvalue weighted by Crippen LogP contribution is 2.12. The van der Waals surface area contributed by atoms with E-state index in [1.54, 1.807) is 29.2 Å². The zero-order valence-electron chi connectivity index (χ0n) is 18.7. The van der Waals surface area contributed by atoms with Gasteiger partial charge in [-0.2, -0.15) is 0 Å². The number of carboxylic acids is 1. The predicted octanol–water partition coefficient (Wildman–Crippen LogP) is 4.24. The lowest BCUT2D eigenvalue weighted by Crippen LogP contribution is -2.31. The number of aromatic hydroxyl groups is 2. The van der Waals surface area contributed by atoms with Gasteiger partial charge in [-0.1, -0.05) is 24.3 Å². The van der Waals surface area contributed by atoms with Crippen molar-refractivity contribution < 1.29 is 24.9 Å². The number of carbonyl (C=O) groups is 2. The molecule has 176 valence electrons. The van der Waals surface area contributed by atoms with Gasteiger partial charge in [0.25, 0.3) is 5.91 Å². The molecule has 0 radical (unpaired) electrons. The molecule has 0 aromatic heterocycles. The van der Waals surface area contributed by atoms with E-state index in [1.807, 2.05) is 12.2 Å². The third-order valence-electron chi connectivity index (χ3n) is 3.79. The number of carboxylic acid groups (broad SMARTS) is 1. The molecule has 0 unspecified atom stereocenters. The van der Waals surface area contributed by atoms with Crippen molar-refractivity contribution in [3.63, 3.8) is 0 Å². The van der Waals surface area contributed by atoms with Gasteiger partial charge in [0.05, 0.1) is 5.56 Å². The Bertz CT molecular complexity index is 872. The van der Waals surface area contributed by atoms with E-state index in [2.05, 4.69) is 31.6 Å². The first-order chi connectivity index (χ1) is 15.8. The fourth-order valence-electron chi connectivity index (χ4n) is 2.23. The standard InChI is InChI=1S/C13H15NO2.C7H6O3.C6H11N/c1-3-9-14(10-4-2)13(16)11-5-7-12(15)8-6-11;8-6-3-1-5(2-4-6)7(9)10;1-3-5-7-6-4-2/h3-8,15H,1-2,9-10H2;1-4,8H,(H,9,10);3-4,7H,1-2,5-6H2. The summed E-state index contributed by atoms with van der Waals surface area (Å²) in [6, 6.07) is 11.5. The molecule has 0 saturated heterocycles. The molecule has 0 atom stereocenters. The van der Waals surface area contributed by atoms with Crippen LogP contribution in [0.5, 0.6) is 11.5 Å². The van der Waals surface area contributed by atoms with E-state index in [-0.39, 0.29) is 23.0 Å². The van der Waals surface area contributed by atoms with E-state index in [4.69, 9.17) is 15.3 Å². The SMILES string of the molecule is C=CCN(CC=C)C(=O)c1ccc(O)cc1.C=CCNCC=C.O=C(O)c1ccc(O)cc1. The summed E-state index contributed by atoms with van der Waals surface area (Å²) >= 11 is 0. The van der Waals surface area contributed by atoms with E-state index in [9.17, 15) is 9.59 Å². The first-order valence-electron chi connectivity index (χ1n) is 10.1. The zero-order chi connectivity index (χ0) is 25.1. The highest BCUT2D eigenvalue weighted by atomic mass is 16.4. The van der Waals surface area contributed by atoms with Crippen LogP contribution in [-0.2, 0) is 0 Å². The van der Waals surface area contributed by atoms with Crippen LogP contribution in [0.4, 0.5) is 0 Å². The van der Waals surface area contributed by atoms with Gasteiger partial charge in [0.1, 0.15) is 11.5 Å². The van der Waals surface area contributed by atoms with Gasteiger partial charge in [-0.05, 0) is 48.5 Å². The topological polar surface area (TPSA) is 110 Å². The van der Waals surface area contributed by atoms with Crippen LogP contribution in [0, 0.1) is 0 Å². The molecule has 2 rings (SSSR count). The van der Waals surface area contributed by atoms with Crippen molar-refractivity contribution >= 4 is 11.9 Å². The second-order valence-corrected chi connectivity index (χ2v) is 6.42. The molecule has 0 aliphatic carbocycles. The molecule has 2 aromatic rings. The summed E-state index contributed by atoms with van der Waals surface area (Å²) in [4.78, 5) is 23.8. The van der Waals surface area contributed by atoms with E-state index in [1.165, 1.54) is 36.4 Å². The van der Waals surface area contributed by atoms with Gasteiger partial charge < -0.3 is 25.5 Å². The predicted molar refractivity (Wildman–Crippen MR) is 133 cm³/mol. The summed E-state index contributed by atoms with van der Waals surface area (Å²) in [6.45, 7) is 17.0. The van der Waals surface area contributed by atoms with Crippen LogP contribution >= 0.6 is 0 Å². The maximum Gasteiger partial charge on any atom is 0.335 e. The number of hydrogen-bond donors (Lipinski definition) is 4. The summed E-state index contributed by atoms with van der Waals surface area (Å²) in [5.41, 5.74) is 0.722. The van der Waals surface area contributed by atoms with Crippen LogP contribution in [0.25, 0.3) is 0 Å². The third-order valence-corrected chi connectivity index (χ3v) is 3.79. The summed E-state index contributed by atoms with van der Waals surface area (Å²) in [5.74, 6) is -0.861. The molecule has 0 fully saturated rings. The van der Waals surface area contributed by atoms with Crippen LogP contribution in [0.2, 0.25) is 0 Å². The number of rotatable bonds is 10. The van der Waals surface area contributed by atoms with E-state index < -0.39 is 5.97 Å². The van der Waals surface area contributed by atoms with Crippen molar-refractivity contribution in [2.45, 2.75) is 0 Å². The second-order valence-electron chi connectivity index (χ2n) is 6.42. The molecule has 4 N–H and O–H groups in total. The quantitative estimate of drug-likeness (QED) is 0.317. The molecule has 2 aromatic carbocycles. The molecule has 0 aliphatic heterocycles.